The fourth-order valence-electron chi connectivity index (χ4n) is 3.42. The van der Waals surface area contributed by atoms with Crippen LogP contribution >= 0.6 is 7.82 Å². The first kappa shape index (κ1) is 24.1. The second-order valence-corrected chi connectivity index (χ2v) is 11.2. The van der Waals surface area contributed by atoms with Crippen molar-refractivity contribution < 1.29 is 23.0 Å². The highest BCUT2D eigenvalue weighted by atomic mass is 31.2. The van der Waals surface area contributed by atoms with Crippen LogP contribution < -0.4 is 10.4 Å². The van der Waals surface area contributed by atoms with E-state index in [0.717, 1.165) is 36.9 Å². The van der Waals surface area contributed by atoms with Crippen LogP contribution in [0, 0.1) is 6.92 Å². The lowest BCUT2D eigenvalue weighted by Gasteiger charge is -2.31. The number of pyridine rings is 1. The van der Waals surface area contributed by atoms with Crippen molar-refractivity contribution in [3.63, 3.8) is 0 Å². The van der Waals surface area contributed by atoms with Gasteiger partial charge in [-0.1, -0.05) is 19.3 Å². The van der Waals surface area contributed by atoms with Crippen LogP contribution in [0.15, 0.2) is 16.9 Å². The van der Waals surface area contributed by atoms with Gasteiger partial charge in [0.1, 0.15) is 0 Å². The normalized spacial score (nSPS) is 16.8. The molecule has 1 aromatic heterocycles. The van der Waals surface area contributed by atoms with Crippen molar-refractivity contribution in [2.24, 2.45) is 0 Å². The molecule has 0 radical (unpaired) electrons. The van der Waals surface area contributed by atoms with E-state index in [-0.39, 0.29) is 11.5 Å². The van der Waals surface area contributed by atoms with Crippen molar-refractivity contribution in [2.75, 3.05) is 6.79 Å². The van der Waals surface area contributed by atoms with E-state index >= 15 is 0 Å². The fraction of sp³-hybridized carbons (Fsp3) is 0.762. The molecule has 0 aromatic carbocycles. The standard InChI is InChI=1S/C21H36NO6P/c1-16-13-18(17-11-9-8-10-12-17)22(19(23)14-16)25-15-26-29(24,27-20(2,3)4)28-21(5,6)7/h13-14,17H,8-12,15H2,1-7H3. The zero-order valence-corrected chi connectivity index (χ0v) is 19.7. The highest BCUT2D eigenvalue weighted by Crippen LogP contribution is 2.55. The minimum Gasteiger partial charge on any atom is -0.381 e. The molecular formula is C21H36NO6P. The molecule has 1 saturated carbocycles. The van der Waals surface area contributed by atoms with Crippen LogP contribution in [0.4, 0.5) is 0 Å². The molecule has 8 heteroatoms. The van der Waals surface area contributed by atoms with Gasteiger partial charge in [0.2, 0.25) is 6.79 Å². The summed E-state index contributed by atoms with van der Waals surface area (Å²) in [5.74, 6) is 0.264. The summed E-state index contributed by atoms with van der Waals surface area (Å²) in [6, 6.07) is 3.50. The largest absolute Gasteiger partial charge is 0.478 e. The molecule has 1 aliphatic rings. The SMILES string of the molecule is Cc1cc(C2CCCCC2)n(OCOP(=O)(OC(C)(C)C)OC(C)(C)C)c(=O)c1. The lowest BCUT2D eigenvalue weighted by Crippen LogP contribution is -2.33. The average molecular weight is 429 g/mol. The van der Waals surface area contributed by atoms with Gasteiger partial charge in [-0.25, -0.2) is 9.09 Å². The van der Waals surface area contributed by atoms with Crippen LogP contribution in [0.25, 0.3) is 0 Å². The summed E-state index contributed by atoms with van der Waals surface area (Å²) in [5.41, 5.74) is -0.0167. The van der Waals surface area contributed by atoms with E-state index in [1.807, 2.05) is 13.0 Å². The molecule has 1 heterocycles. The van der Waals surface area contributed by atoms with Gasteiger partial charge in [-0.15, -0.1) is 4.73 Å². The van der Waals surface area contributed by atoms with Gasteiger partial charge in [-0.3, -0.25) is 13.8 Å². The van der Waals surface area contributed by atoms with E-state index in [1.165, 1.54) is 17.2 Å². The molecule has 0 unspecified atom stereocenters. The molecule has 1 aliphatic carbocycles. The van der Waals surface area contributed by atoms with Crippen molar-refractivity contribution in [3.05, 3.63) is 33.7 Å². The Morgan fingerprint density at radius 3 is 2.07 bits per heavy atom. The number of aromatic nitrogens is 1. The second kappa shape index (κ2) is 9.34. The fourth-order valence-corrected chi connectivity index (χ4v) is 5.08. The van der Waals surface area contributed by atoms with Crippen molar-refractivity contribution >= 4 is 7.82 Å². The minimum absolute atomic E-state index is 0.264. The van der Waals surface area contributed by atoms with Gasteiger partial charge < -0.3 is 4.84 Å². The molecule has 0 bridgehead atoms. The van der Waals surface area contributed by atoms with Gasteiger partial charge in [0.05, 0.1) is 16.9 Å². The molecule has 7 nitrogen and oxygen atoms in total. The molecule has 1 fully saturated rings. The number of nitrogens with zero attached hydrogens (tertiary/aromatic N) is 1. The first-order valence-corrected chi connectivity index (χ1v) is 11.8. The third kappa shape index (κ3) is 7.89. The van der Waals surface area contributed by atoms with E-state index in [4.69, 9.17) is 18.4 Å². The maximum absolute atomic E-state index is 13.1. The van der Waals surface area contributed by atoms with Crippen LogP contribution in [-0.2, 0) is 18.1 Å². The van der Waals surface area contributed by atoms with Crippen molar-refractivity contribution in [1.82, 2.24) is 4.73 Å². The highest BCUT2D eigenvalue weighted by Gasteiger charge is 2.37. The lowest BCUT2D eigenvalue weighted by atomic mass is 9.86. The van der Waals surface area contributed by atoms with Gasteiger partial charge >= 0.3 is 7.82 Å². The maximum atomic E-state index is 13.1. The monoisotopic (exact) mass is 429 g/mol. The molecule has 0 saturated heterocycles. The number of rotatable bonds is 7. The summed E-state index contributed by atoms with van der Waals surface area (Å²) in [5, 5.41) is 0. The van der Waals surface area contributed by atoms with E-state index in [9.17, 15) is 9.36 Å². The number of phosphoric ester groups is 1. The third-order valence-electron chi connectivity index (χ3n) is 4.35. The van der Waals surface area contributed by atoms with Gasteiger partial charge in [-0.2, -0.15) is 0 Å². The van der Waals surface area contributed by atoms with Crippen LogP contribution in [-0.4, -0.2) is 22.7 Å². The summed E-state index contributed by atoms with van der Waals surface area (Å²) in [7, 11) is -3.91. The lowest BCUT2D eigenvalue weighted by molar-refractivity contribution is -0.0571. The van der Waals surface area contributed by atoms with Gasteiger partial charge in [0.25, 0.3) is 5.56 Å². The molecule has 0 atom stereocenters. The smallest absolute Gasteiger partial charge is 0.381 e. The number of hydrogen-bond donors (Lipinski definition) is 0. The van der Waals surface area contributed by atoms with Crippen molar-refractivity contribution in [1.29, 1.82) is 0 Å². The predicted octanol–water partition coefficient (Wildman–Crippen LogP) is 5.35. The Labute approximate surface area is 174 Å². The minimum atomic E-state index is -3.91. The van der Waals surface area contributed by atoms with E-state index in [2.05, 4.69) is 0 Å². The Balaban J connectivity index is 2.19. The molecule has 0 spiro atoms. The quantitative estimate of drug-likeness (QED) is 0.430. The van der Waals surface area contributed by atoms with Crippen molar-refractivity contribution in [3.8, 4) is 0 Å². The zero-order chi connectivity index (χ0) is 21.9. The number of phosphoric acid groups is 1. The van der Waals surface area contributed by atoms with E-state index < -0.39 is 25.8 Å². The molecule has 0 aliphatic heterocycles. The summed E-state index contributed by atoms with van der Waals surface area (Å²) in [6.07, 6.45) is 5.53. The van der Waals surface area contributed by atoms with Crippen LogP contribution in [0.5, 0.6) is 0 Å². The second-order valence-electron chi connectivity index (χ2n) is 9.66. The topological polar surface area (TPSA) is 76.0 Å². The molecular weight excluding hydrogens is 393 g/mol. The van der Waals surface area contributed by atoms with Crippen LogP contribution in [0.2, 0.25) is 0 Å². The molecule has 29 heavy (non-hydrogen) atoms. The molecule has 166 valence electrons. The van der Waals surface area contributed by atoms with E-state index in [1.54, 1.807) is 41.5 Å². The van der Waals surface area contributed by atoms with Crippen molar-refractivity contribution in [2.45, 2.75) is 97.7 Å². The Morgan fingerprint density at radius 2 is 1.55 bits per heavy atom. The molecule has 1 aromatic rings. The maximum Gasteiger partial charge on any atom is 0.478 e. The Morgan fingerprint density at radius 1 is 1.00 bits per heavy atom. The van der Waals surface area contributed by atoms with Gasteiger partial charge in [0, 0.05) is 12.0 Å². The Kier molecular flexibility index (Phi) is 7.77. The van der Waals surface area contributed by atoms with Crippen LogP contribution in [0.3, 0.4) is 0 Å². The Bertz CT molecular complexity index is 764. The average Bonchev–Trinajstić information content (AvgIpc) is 2.53. The predicted molar refractivity (Wildman–Crippen MR) is 113 cm³/mol. The third-order valence-corrected chi connectivity index (χ3v) is 6.31. The summed E-state index contributed by atoms with van der Waals surface area (Å²) in [6.45, 7) is 12.1. The summed E-state index contributed by atoms with van der Waals surface area (Å²) in [4.78, 5) is 18.2. The van der Waals surface area contributed by atoms with Gasteiger partial charge in [0.15, 0.2) is 0 Å². The zero-order valence-electron chi connectivity index (χ0n) is 18.8. The highest BCUT2D eigenvalue weighted by molar-refractivity contribution is 7.48. The summed E-state index contributed by atoms with van der Waals surface area (Å²) >= 11 is 0. The number of hydrogen-bond acceptors (Lipinski definition) is 6. The molecule has 0 amide bonds. The summed E-state index contributed by atoms with van der Waals surface area (Å²) < 4.78 is 31.0. The first-order chi connectivity index (χ1) is 13.3. The Hall–Kier alpha value is -1.14. The number of aryl methyl sites for hydroxylation is 1. The molecule has 2 rings (SSSR count). The van der Waals surface area contributed by atoms with Crippen LogP contribution in [0.1, 0.15) is 90.8 Å². The van der Waals surface area contributed by atoms with E-state index in [0.29, 0.717) is 0 Å². The first-order valence-electron chi connectivity index (χ1n) is 10.3. The van der Waals surface area contributed by atoms with Gasteiger partial charge in [-0.05, 0) is 72.9 Å². The molecule has 0 N–H and O–H groups in total.